The molecule has 3 aromatic rings. The Hall–Kier alpha value is -1.61. The minimum atomic E-state index is -0.723. The van der Waals surface area contributed by atoms with Crippen molar-refractivity contribution in [3.8, 4) is 0 Å². The van der Waals surface area contributed by atoms with Gasteiger partial charge < -0.3 is 4.90 Å². The van der Waals surface area contributed by atoms with Crippen molar-refractivity contribution in [2.24, 2.45) is 0 Å². The van der Waals surface area contributed by atoms with Gasteiger partial charge in [0.1, 0.15) is 11.3 Å². The molecule has 4 nitrogen and oxygen atoms in total. The predicted molar refractivity (Wildman–Crippen MR) is 113 cm³/mol. The Morgan fingerprint density at radius 3 is 2.54 bits per heavy atom. The van der Waals surface area contributed by atoms with E-state index in [1.54, 1.807) is 11.0 Å². The van der Waals surface area contributed by atoms with Crippen LogP contribution in [0.25, 0.3) is 10.2 Å². The van der Waals surface area contributed by atoms with Gasteiger partial charge in [0, 0.05) is 24.0 Å². The molecule has 0 saturated heterocycles. The molecule has 9 heteroatoms. The van der Waals surface area contributed by atoms with Crippen molar-refractivity contribution in [1.29, 1.82) is 0 Å². The number of thiazole rings is 1. The van der Waals surface area contributed by atoms with Crippen molar-refractivity contribution in [3.05, 3.63) is 45.1 Å². The Balaban J connectivity index is 1.90. The van der Waals surface area contributed by atoms with Gasteiger partial charge in [-0.1, -0.05) is 36.8 Å². The SMILES string of the molecule is CCN(CC)CCN(C(=O)Cc1ccc(Cl)s1)c1nc2c(F)cc(F)cc2s1. The number of fused-ring (bicyclic) bond motifs is 1. The molecule has 0 atom stereocenters. The number of amides is 1. The minimum absolute atomic E-state index is 0.0845. The van der Waals surface area contributed by atoms with E-state index in [-0.39, 0.29) is 17.8 Å². The van der Waals surface area contributed by atoms with Gasteiger partial charge in [-0.15, -0.1) is 11.3 Å². The second kappa shape index (κ2) is 9.26. The molecule has 0 aliphatic heterocycles. The van der Waals surface area contributed by atoms with E-state index in [1.165, 1.54) is 17.4 Å². The average molecular weight is 444 g/mol. The number of carbonyl (C=O) groups excluding carboxylic acids is 1. The first-order valence-corrected chi connectivity index (χ1v) is 10.9. The van der Waals surface area contributed by atoms with E-state index in [0.717, 1.165) is 35.4 Å². The monoisotopic (exact) mass is 443 g/mol. The summed E-state index contributed by atoms with van der Waals surface area (Å²) in [4.78, 5) is 21.9. The average Bonchev–Trinajstić information content (AvgIpc) is 3.25. The number of halogens is 3. The lowest BCUT2D eigenvalue weighted by Gasteiger charge is -2.24. The van der Waals surface area contributed by atoms with Gasteiger partial charge in [0.05, 0.1) is 15.5 Å². The first kappa shape index (κ1) is 21.1. The number of thiophene rings is 1. The Morgan fingerprint density at radius 2 is 1.89 bits per heavy atom. The van der Waals surface area contributed by atoms with Crippen LogP contribution in [0.4, 0.5) is 13.9 Å². The molecule has 0 saturated carbocycles. The van der Waals surface area contributed by atoms with Crippen LogP contribution in [0.5, 0.6) is 0 Å². The van der Waals surface area contributed by atoms with E-state index >= 15 is 0 Å². The quantitative estimate of drug-likeness (QED) is 0.479. The molecule has 1 amide bonds. The lowest BCUT2D eigenvalue weighted by Crippen LogP contribution is -2.39. The Labute approximate surface area is 175 Å². The summed E-state index contributed by atoms with van der Waals surface area (Å²) in [5.41, 5.74) is 0.0845. The summed E-state index contributed by atoms with van der Waals surface area (Å²) in [5, 5.41) is 0.374. The highest BCUT2D eigenvalue weighted by molar-refractivity contribution is 7.22. The van der Waals surface area contributed by atoms with Crippen LogP contribution in [0.2, 0.25) is 4.34 Å². The molecule has 0 spiro atoms. The van der Waals surface area contributed by atoms with Gasteiger partial charge in [0.25, 0.3) is 0 Å². The van der Waals surface area contributed by atoms with Gasteiger partial charge in [-0.2, -0.15) is 0 Å². The van der Waals surface area contributed by atoms with Crippen LogP contribution in [-0.2, 0) is 11.2 Å². The van der Waals surface area contributed by atoms with Gasteiger partial charge in [-0.3, -0.25) is 9.69 Å². The number of rotatable bonds is 8. The molecule has 150 valence electrons. The number of benzene rings is 1. The number of aromatic nitrogens is 1. The van der Waals surface area contributed by atoms with Crippen molar-refractivity contribution in [2.75, 3.05) is 31.1 Å². The number of carbonyl (C=O) groups is 1. The summed E-state index contributed by atoms with van der Waals surface area (Å²) in [7, 11) is 0. The summed E-state index contributed by atoms with van der Waals surface area (Å²) in [6, 6.07) is 5.62. The van der Waals surface area contributed by atoms with Gasteiger partial charge >= 0.3 is 0 Å². The Bertz CT molecular complexity index is 971. The van der Waals surface area contributed by atoms with Crippen LogP contribution in [0.3, 0.4) is 0 Å². The van der Waals surface area contributed by atoms with Gasteiger partial charge in [0.15, 0.2) is 10.9 Å². The van der Waals surface area contributed by atoms with Crippen molar-refractivity contribution in [2.45, 2.75) is 20.3 Å². The van der Waals surface area contributed by atoms with Crippen LogP contribution in [0.1, 0.15) is 18.7 Å². The highest BCUT2D eigenvalue weighted by Crippen LogP contribution is 2.32. The molecule has 2 aromatic heterocycles. The zero-order chi connectivity index (χ0) is 20.3. The molecular weight excluding hydrogens is 424 g/mol. The fraction of sp³-hybridized carbons (Fsp3) is 0.368. The molecule has 28 heavy (non-hydrogen) atoms. The fourth-order valence-electron chi connectivity index (χ4n) is 2.86. The predicted octanol–water partition coefficient (Wildman–Crippen LogP) is 5.21. The fourth-order valence-corrected chi connectivity index (χ4v) is 4.99. The summed E-state index contributed by atoms with van der Waals surface area (Å²) in [6.45, 7) is 6.91. The summed E-state index contributed by atoms with van der Waals surface area (Å²) in [5.74, 6) is -1.53. The second-order valence-corrected chi connectivity index (χ2v) is 8.99. The Kier molecular flexibility index (Phi) is 6.98. The van der Waals surface area contributed by atoms with Crippen LogP contribution < -0.4 is 4.90 Å². The zero-order valence-corrected chi connectivity index (χ0v) is 17.9. The summed E-state index contributed by atoms with van der Waals surface area (Å²) in [6.07, 6.45) is 0.183. The molecule has 0 radical (unpaired) electrons. The lowest BCUT2D eigenvalue weighted by atomic mass is 10.3. The van der Waals surface area contributed by atoms with Crippen molar-refractivity contribution >= 4 is 55.5 Å². The van der Waals surface area contributed by atoms with Crippen LogP contribution in [-0.4, -0.2) is 42.0 Å². The molecule has 0 fully saturated rings. The molecule has 0 unspecified atom stereocenters. The van der Waals surface area contributed by atoms with Crippen molar-refractivity contribution in [3.63, 3.8) is 0 Å². The second-order valence-electron chi connectivity index (χ2n) is 6.19. The van der Waals surface area contributed by atoms with Gasteiger partial charge in [-0.25, -0.2) is 13.8 Å². The van der Waals surface area contributed by atoms with Crippen LogP contribution >= 0.6 is 34.3 Å². The first-order chi connectivity index (χ1) is 13.4. The number of hydrogen-bond donors (Lipinski definition) is 0. The smallest absolute Gasteiger partial charge is 0.234 e. The maximum atomic E-state index is 14.1. The molecule has 0 bridgehead atoms. The molecule has 0 N–H and O–H groups in total. The maximum absolute atomic E-state index is 14.1. The molecule has 3 rings (SSSR count). The summed E-state index contributed by atoms with van der Waals surface area (Å²) >= 11 is 8.44. The number of likely N-dealkylation sites (N-methyl/N-ethyl adjacent to an activating group) is 1. The molecule has 2 heterocycles. The van der Waals surface area contributed by atoms with Crippen LogP contribution in [0, 0.1) is 11.6 Å². The molecule has 1 aromatic carbocycles. The Morgan fingerprint density at radius 1 is 1.14 bits per heavy atom. The van der Waals surface area contributed by atoms with Crippen LogP contribution in [0.15, 0.2) is 24.3 Å². The summed E-state index contributed by atoms with van der Waals surface area (Å²) < 4.78 is 28.6. The molecular formula is C19H20ClF2N3OS2. The van der Waals surface area contributed by atoms with Crippen molar-refractivity contribution < 1.29 is 13.6 Å². The van der Waals surface area contributed by atoms with Gasteiger partial charge in [-0.05, 0) is 31.3 Å². The first-order valence-electron chi connectivity index (χ1n) is 8.93. The molecule has 0 aliphatic carbocycles. The van der Waals surface area contributed by atoms with Gasteiger partial charge in [0.2, 0.25) is 5.91 Å². The van der Waals surface area contributed by atoms with E-state index in [4.69, 9.17) is 11.6 Å². The van der Waals surface area contributed by atoms with E-state index < -0.39 is 11.6 Å². The number of nitrogens with zero attached hydrogens (tertiary/aromatic N) is 3. The van der Waals surface area contributed by atoms with E-state index in [1.807, 2.05) is 6.07 Å². The number of hydrogen-bond acceptors (Lipinski definition) is 5. The minimum Gasteiger partial charge on any atom is -0.302 e. The normalized spacial score (nSPS) is 11.5. The standard InChI is InChI=1S/C19H20ClF2N3OS2/c1-3-24(4-2)7-8-25(17(26)11-13-5-6-16(20)27-13)19-23-18-14(22)9-12(21)10-15(18)28-19/h5-6,9-10H,3-4,7-8,11H2,1-2H3. The third-order valence-corrected chi connectivity index (χ3v) is 6.68. The molecule has 0 aliphatic rings. The third-order valence-electron chi connectivity index (χ3n) is 4.42. The van der Waals surface area contributed by atoms with E-state index in [9.17, 15) is 13.6 Å². The van der Waals surface area contributed by atoms with Crippen molar-refractivity contribution in [1.82, 2.24) is 9.88 Å². The number of anilines is 1. The highest BCUT2D eigenvalue weighted by Gasteiger charge is 2.22. The van der Waals surface area contributed by atoms with E-state index in [2.05, 4.69) is 23.7 Å². The highest BCUT2D eigenvalue weighted by atomic mass is 35.5. The zero-order valence-electron chi connectivity index (χ0n) is 15.5. The topological polar surface area (TPSA) is 36.4 Å². The lowest BCUT2D eigenvalue weighted by molar-refractivity contribution is -0.118. The third kappa shape index (κ3) is 4.86. The van der Waals surface area contributed by atoms with E-state index in [0.29, 0.717) is 27.3 Å². The maximum Gasteiger partial charge on any atom is 0.234 e. The largest absolute Gasteiger partial charge is 0.302 e.